The summed E-state index contributed by atoms with van der Waals surface area (Å²) in [5, 5.41) is 0. The number of benzene rings is 2. The number of hydrogen-bond acceptors (Lipinski definition) is 4. The van der Waals surface area contributed by atoms with Crippen molar-refractivity contribution in [1.82, 2.24) is 0 Å². The van der Waals surface area contributed by atoms with Crippen LogP contribution in [0.5, 0.6) is 5.75 Å². The number of esters is 1. The third kappa shape index (κ3) is 2.99. The molecule has 0 bridgehead atoms. The zero-order valence-corrected chi connectivity index (χ0v) is 15.4. The van der Waals surface area contributed by atoms with Crippen molar-refractivity contribution in [3.63, 3.8) is 0 Å². The molecule has 0 radical (unpaired) electrons. The number of hydrogen-bond donors (Lipinski definition) is 0. The predicted octanol–water partition coefficient (Wildman–Crippen LogP) is 3.73. The van der Waals surface area contributed by atoms with Crippen molar-refractivity contribution < 1.29 is 19.1 Å². The summed E-state index contributed by atoms with van der Waals surface area (Å²) in [6.45, 7) is 4.54. The molecule has 5 heteroatoms. The van der Waals surface area contributed by atoms with Gasteiger partial charge < -0.3 is 9.47 Å². The summed E-state index contributed by atoms with van der Waals surface area (Å²) < 4.78 is 11.1. The van der Waals surface area contributed by atoms with Crippen LogP contribution in [-0.4, -0.2) is 25.1 Å². The summed E-state index contributed by atoms with van der Waals surface area (Å²) in [5.74, 6) is -0.0572. The molecule has 0 aromatic heterocycles. The zero-order valence-electron chi connectivity index (χ0n) is 15.4. The van der Waals surface area contributed by atoms with Gasteiger partial charge in [0, 0.05) is 23.6 Å². The molecule has 1 amide bonds. The van der Waals surface area contributed by atoms with Gasteiger partial charge in [-0.3, -0.25) is 9.69 Å². The van der Waals surface area contributed by atoms with Crippen LogP contribution in [-0.2, 0) is 14.3 Å². The number of carbonyl (C=O) groups excluding carboxylic acids is 2. The van der Waals surface area contributed by atoms with Crippen molar-refractivity contribution in [1.29, 1.82) is 0 Å². The zero-order chi connectivity index (χ0) is 19.0. The van der Waals surface area contributed by atoms with Crippen molar-refractivity contribution in [2.75, 3.05) is 18.1 Å². The molecule has 0 spiro atoms. The minimum Gasteiger partial charge on any atom is -0.494 e. The van der Waals surface area contributed by atoms with Crippen molar-refractivity contribution in [3.8, 4) is 5.75 Å². The number of aryl methyl sites for hydroxylation is 1. The van der Waals surface area contributed by atoms with Gasteiger partial charge in [-0.05, 0) is 32.0 Å². The molecular formula is C22H21NO4. The standard InChI is InChI=1S/C22H21NO4/c1-3-26-19-7-5-4-6-16(19)17-12-20(24)23(15-10-8-14(2)9-11-15)18-13-27-22(25)21(17)18/h4-11,17H,3,12-13H2,1-2H3/t17-/m0/s1. The summed E-state index contributed by atoms with van der Waals surface area (Å²) >= 11 is 0. The van der Waals surface area contributed by atoms with Crippen LogP contribution in [0.3, 0.4) is 0 Å². The molecule has 4 rings (SSSR count). The van der Waals surface area contributed by atoms with E-state index in [1.54, 1.807) is 4.90 Å². The van der Waals surface area contributed by atoms with E-state index < -0.39 is 0 Å². The van der Waals surface area contributed by atoms with Crippen molar-refractivity contribution in [3.05, 3.63) is 70.9 Å². The topological polar surface area (TPSA) is 55.8 Å². The van der Waals surface area contributed by atoms with Gasteiger partial charge >= 0.3 is 5.97 Å². The molecule has 0 unspecified atom stereocenters. The van der Waals surface area contributed by atoms with Crippen molar-refractivity contribution in [2.24, 2.45) is 0 Å². The molecule has 0 N–H and O–H groups in total. The van der Waals surface area contributed by atoms with Crippen LogP contribution in [0.4, 0.5) is 5.69 Å². The van der Waals surface area contributed by atoms with Crippen LogP contribution in [0.15, 0.2) is 59.8 Å². The number of anilines is 1. The highest BCUT2D eigenvalue weighted by molar-refractivity contribution is 6.06. The van der Waals surface area contributed by atoms with Crippen LogP contribution in [0.1, 0.15) is 30.4 Å². The van der Waals surface area contributed by atoms with Gasteiger partial charge in [0.25, 0.3) is 0 Å². The molecule has 0 saturated carbocycles. The van der Waals surface area contributed by atoms with Crippen LogP contribution >= 0.6 is 0 Å². The van der Waals surface area contributed by atoms with E-state index in [0.717, 1.165) is 16.8 Å². The lowest BCUT2D eigenvalue weighted by Gasteiger charge is -2.32. The van der Waals surface area contributed by atoms with Crippen LogP contribution in [0.2, 0.25) is 0 Å². The fourth-order valence-electron chi connectivity index (χ4n) is 3.77. The van der Waals surface area contributed by atoms with Crippen LogP contribution in [0.25, 0.3) is 0 Å². The second kappa shape index (κ2) is 6.91. The monoisotopic (exact) mass is 363 g/mol. The third-order valence-corrected chi connectivity index (χ3v) is 5.00. The molecule has 2 heterocycles. The first-order valence-electron chi connectivity index (χ1n) is 9.11. The van der Waals surface area contributed by atoms with E-state index >= 15 is 0 Å². The molecule has 2 aliphatic heterocycles. The first-order chi connectivity index (χ1) is 13.1. The Morgan fingerprint density at radius 1 is 1.11 bits per heavy atom. The van der Waals surface area contributed by atoms with Gasteiger partial charge in [0.2, 0.25) is 5.91 Å². The highest BCUT2D eigenvalue weighted by atomic mass is 16.5. The molecule has 0 fully saturated rings. The first-order valence-corrected chi connectivity index (χ1v) is 9.11. The van der Waals surface area contributed by atoms with E-state index in [9.17, 15) is 9.59 Å². The number of para-hydroxylation sites is 1. The van der Waals surface area contributed by atoms with Crippen molar-refractivity contribution in [2.45, 2.75) is 26.2 Å². The highest BCUT2D eigenvalue weighted by Crippen LogP contribution is 2.44. The molecule has 2 aromatic rings. The minimum absolute atomic E-state index is 0.0489. The van der Waals surface area contributed by atoms with Gasteiger partial charge in [0.1, 0.15) is 12.4 Å². The first kappa shape index (κ1) is 17.3. The molecule has 2 aliphatic rings. The maximum atomic E-state index is 13.1. The van der Waals surface area contributed by atoms with Gasteiger partial charge in [0.05, 0.1) is 17.9 Å². The number of rotatable bonds is 4. The Morgan fingerprint density at radius 3 is 2.59 bits per heavy atom. The Kier molecular flexibility index (Phi) is 4.44. The largest absolute Gasteiger partial charge is 0.494 e. The molecule has 5 nitrogen and oxygen atoms in total. The highest BCUT2D eigenvalue weighted by Gasteiger charge is 2.43. The molecule has 0 saturated heterocycles. The van der Waals surface area contributed by atoms with E-state index in [1.807, 2.05) is 62.4 Å². The van der Waals surface area contributed by atoms with Crippen molar-refractivity contribution >= 4 is 17.6 Å². The quantitative estimate of drug-likeness (QED) is 0.777. The molecular weight excluding hydrogens is 342 g/mol. The second-order valence-electron chi connectivity index (χ2n) is 6.73. The molecule has 1 atom stereocenters. The number of ether oxygens (including phenoxy) is 2. The van der Waals surface area contributed by atoms with Gasteiger partial charge in [-0.2, -0.15) is 0 Å². The number of cyclic esters (lactones) is 1. The Labute approximate surface area is 158 Å². The fraction of sp³-hybridized carbons (Fsp3) is 0.273. The lowest BCUT2D eigenvalue weighted by atomic mass is 9.83. The van der Waals surface area contributed by atoms with Gasteiger partial charge in [-0.15, -0.1) is 0 Å². The Balaban J connectivity index is 1.82. The van der Waals surface area contributed by atoms with Crippen LogP contribution < -0.4 is 9.64 Å². The number of carbonyl (C=O) groups is 2. The second-order valence-corrected chi connectivity index (χ2v) is 6.73. The lowest BCUT2D eigenvalue weighted by molar-refractivity contribution is -0.136. The Morgan fingerprint density at radius 2 is 1.85 bits per heavy atom. The SMILES string of the molecule is CCOc1ccccc1[C@@H]1CC(=O)N(c2ccc(C)cc2)C2=C1C(=O)OC2. The average Bonchev–Trinajstić information content (AvgIpc) is 3.05. The number of nitrogens with zero attached hydrogens (tertiary/aromatic N) is 1. The fourth-order valence-corrected chi connectivity index (χ4v) is 3.77. The maximum absolute atomic E-state index is 13.1. The Bertz CT molecular complexity index is 930. The lowest BCUT2D eigenvalue weighted by Crippen LogP contribution is -2.37. The minimum atomic E-state index is -0.356. The molecule has 138 valence electrons. The number of amides is 1. The summed E-state index contributed by atoms with van der Waals surface area (Å²) in [4.78, 5) is 27.2. The summed E-state index contributed by atoms with van der Waals surface area (Å²) in [6.07, 6.45) is 0.200. The summed E-state index contributed by atoms with van der Waals surface area (Å²) in [6, 6.07) is 15.3. The Hall–Kier alpha value is -3.08. The van der Waals surface area contributed by atoms with E-state index in [2.05, 4.69) is 0 Å². The van der Waals surface area contributed by atoms with E-state index in [0.29, 0.717) is 23.6 Å². The third-order valence-electron chi connectivity index (χ3n) is 5.00. The maximum Gasteiger partial charge on any atom is 0.336 e. The average molecular weight is 363 g/mol. The van der Waals surface area contributed by atoms with E-state index in [4.69, 9.17) is 9.47 Å². The van der Waals surface area contributed by atoms with Crippen LogP contribution in [0, 0.1) is 6.92 Å². The van der Waals surface area contributed by atoms with Gasteiger partial charge in [-0.25, -0.2) is 4.79 Å². The molecule has 27 heavy (non-hydrogen) atoms. The summed E-state index contributed by atoms with van der Waals surface area (Å²) in [7, 11) is 0. The smallest absolute Gasteiger partial charge is 0.336 e. The molecule has 0 aliphatic carbocycles. The molecule has 2 aromatic carbocycles. The summed E-state index contributed by atoms with van der Waals surface area (Å²) in [5.41, 5.74) is 3.91. The predicted molar refractivity (Wildman–Crippen MR) is 102 cm³/mol. The van der Waals surface area contributed by atoms with E-state index in [-0.39, 0.29) is 30.8 Å². The normalized spacial score (nSPS) is 19.2. The van der Waals surface area contributed by atoms with Gasteiger partial charge in [0.15, 0.2) is 0 Å². The van der Waals surface area contributed by atoms with Gasteiger partial charge in [-0.1, -0.05) is 35.9 Å². The van der Waals surface area contributed by atoms with E-state index in [1.165, 1.54) is 0 Å².